The number of hydrogen-bond acceptors (Lipinski definition) is 3. The standard InChI is InChI=1S/C8H9IN2O2/c1-11(2)8(13)7-6(12)3-5(9)4-10-7/h3-4,12H,1-2H3. The smallest absolute Gasteiger partial charge is 0.275 e. The Morgan fingerprint density at radius 2 is 2.23 bits per heavy atom. The average molecular weight is 292 g/mol. The topological polar surface area (TPSA) is 53.4 Å². The van der Waals surface area contributed by atoms with Crippen LogP contribution >= 0.6 is 22.6 Å². The zero-order valence-corrected chi connectivity index (χ0v) is 9.44. The van der Waals surface area contributed by atoms with Crippen LogP contribution in [0.1, 0.15) is 10.5 Å². The molecule has 1 aromatic heterocycles. The van der Waals surface area contributed by atoms with E-state index in [4.69, 9.17) is 0 Å². The molecular formula is C8H9IN2O2. The van der Waals surface area contributed by atoms with Crippen molar-refractivity contribution in [3.8, 4) is 5.75 Å². The van der Waals surface area contributed by atoms with Crippen LogP contribution in [-0.4, -0.2) is 35.0 Å². The van der Waals surface area contributed by atoms with Gasteiger partial charge in [-0.1, -0.05) is 0 Å². The summed E-state index contributed by atoms with van der Waals surface area (Å²) in [5.74, 6) is -0.375. The highest BCUT2D eigenvalue weighted by Gasteiger charge is 2.14. The van der Waals surface area contributed by atoms with E-state index in [1.54, 1.807) is 14.1 Å². The number of amides is 1. The van der Waals surface area contributed by atoms with Crippen LogP contribution in [0, 0.1) is 3.57 Å². The molecule has 0 spiro atoms. The number of aromatic hydroxyl groups is 1. The Hall–Kier alpha value is -0.850. The zero-order valence-electron chi connectivity index (χ0n) is 7.28. The van der Waals surface area contributed by atoms with Crippen LogP contribution in [0.4, 0.5) is 0 Å². The molecule has 0 aliphatic rings. The van der Waals surface area contributed by atoms with Gasteiger partial charge in [0.2, 0.25) is 0 Å². The molecule has 1 heterocycles. The van der Waals surface area contributed by atoms with Gasteiger partial charge in [-0.15, -0.1) is 0 Å². The van der Waals surface area contributed by atoms with Crippen LogP contribution in [0.2, 0.25) is 0 Å². The highest BCUT2D eigenvalue weighted by molar-refractivity contribution is 14.1. The molecule has 0 unspecified atom stereocenters. The van der Waals surface area contributed by atoms with E-state index in [1.807, 2.05) is 22.6 Å². The lowest BCUT2D eigenvalue weighted by atomic mass is 10.3. The summed E-state index contributed by atoms with van der Waals surface area (Å²) in [6.07, 6.45) is 1.54. The zero-order chi connectivity index (χ0) is 10.0. The molecule has 1 amide bonds. The molecule has 5 heteroatoms. The van der Waals surface area contributed by atoms with E-state index in [0.717, 1.165) is 3.57 Å². The van der Waals surface area contributed by atoms with Crippen LogP contribution < -0.4 is 0 Å². The van der Waals surface area contributed by atoms with Crippen molar-refractivity contribution in [1.82, 2.24) is 9.88 Å². The monoisotopic (exact) mass is 292 g/mol. The van der Waals surface area contributed by atoms with Gasteiger partial charge in [-0.25, -0.2) is 4.98 Å². The first kappa shape index (κ1) is 10.2. The molecule has 13 heavy (non-hydrogen) atoms. The summed E-state index contributed by atoms with van der Waals surface area (Å²) >= 11 is 2.02. The second-order valence-electron chi connectivity index (χ2n) is 2.72. The fraction of sp³-hybridized carbons (Fsp3) is 0.250. The fourth-order valence-electron chi connectivity index (χ4n) is 0.805. The van der Waals surface area contributed by atoms with E-state index < -0.39 is 0 Å². The predicted octanol–water partition coefficient (Wildman–Crippen LogP) is 1.09. The SMILES string of the molecule is CN(C)C(=O)c1ncc(I)cc1O. The molecule has 0 atom stereocenters. The molecule has 1 rings (SSSR count). The normalized spacial score (nSPS) is 9.77. The molecular weight excluding hydrogens is 283 g/mol. The second-order valence-corrected chi connectivity index (χ2v) is 3.97. The van der Waals surface area contributed by atoms with Crippen molar-refractivity contribution in [2.45, 2.75) is 0 Å². The Bertz CT molecular complexity index is 339. The summed E-state index contributed by atoms with van der Waals surface area (Å²) in [6, 6.07) is 1.50. The van der Waals surface area contributed by atoms with Crippen LogP contribution in [0.15, 0.2) is 12.3 Å². The van der Waals surface area contributed by atoms with E-state index in [0.29, 0.717) is 0 Å². The summed E-state index contributed by atoms with van der Waals surface area (Å²) in [5, 5.41) is 9.40. The Balaban J connectivity index is 3.09. The Labute approximate surface area is 89.7 Å². The summed E-state index contributed by atoms with van der Waals surface area (Å²) < 4.78 is 0.797. The van der Waals surface area contributed by atoms with E-state index in [2.05, 4.69) is 4.98 Å². The first-order valence-corrected chi connectivity index (χ1v) is 4.66. The minimum absolute atomic E-state index is 0.0781. The molecule has 0 aliphatic carbocycles. The number of rotatable bonds is 1. The Morgan fingerprint density at radius 3 is 2.69 bits per heavy atom. The Kier molecular flexibility index (Phi) is 3.07. The third-order valence-electron chi connectivity index (χ3n) is 1.44. The van der Waals surface area contributed by atoms with Crippen molar-refractivity contribution in [3.05, 3.63) is 21.5 Å². The molecule has 0 fully saturated rings. The van der Waals surface area contributed by atoms with Crippen molar-refractivity contribution < 1.29 is 9.90 Å². The third kappa shape index (κ3) is 2.30. The molecule has 1 N–H and O–H groups in total. The van der Waals surface area contributed by atoms with Crippen molar-refractivity contribution in [3.63, 3.8) is 0 Å². The minimum Gasteiger partial charge on any atom is -0.505 e. The number of nitrogens with zero attached hydrogens (tertiary/aromatic N) is 2. The van der Waals surface area contributed by atoms with Gasteiger partial charge in [-0.3, -0.25) is 4.79 Å². The predicted molar refractivity (Wildman–Crippen MR) is 56.6 cm³/mol. The van der Waals surface area contributed by atoms with Crippen LogP contribution in [-0.2, 0) is 0 Å². The van der Waals surface area contributed by atoms with Gasteiger partial charge >= 0.3 is 0 Å². The molecule has 0 radical (unpaired) electrons. The maximum absolute atomic E-state index is 11.4. The first-order valence-electron chi connectivity index (χ1n) is 3.58. The van der Waals surface area contributed by atoms with Gasteiger partial charge in [0.15, 0.2) is 5.69 Å². The highest BCUT2D eigenvalue weighted by atomic mass is 127. The number of halogens is 1. The maximum atomic E-state index is 11.4. The van der Waals surface area contributed by atoms with Gasteiger partial charge in [0.25, 0.3) is 5.91 Å². The number of aromatic nitrogens is 1. The lowest BCUT2D eigenvalue weighted by molar-refractivity contribution is 0.0818. The van der Waals surface area contributed by atoms with E-state index in [-0.39, 0.29) is 17.4 Å². The van der Waals surface area contributed by atoms with Crippen LogP contribution in [0.5, 0.6) is 5.75 Å². The second kappa shape index (κ2) is 3.91. The van der Waals surface area contributed by atoms with Crippen LogP contribution in [0.3, 0.4) is 0 Å². The molecule has 0 aromatic carbocycles. The quantitative estimate of drug-likeness (QED) is 0.788. The van der Waals surface area contributed by atoms with Crippen LogP contribution in [0.25, 0.3) is 0 Å². The summed E-state index contributed by atoms with van der Waals surface area (Å²) in [6.45, 7) is 0. The van der Waals surface area contributed by atoms with Crippen molar-refractivity contribution in [2.75, 3.05) is 14.1 Å². The van der Waals surface area contributed by atoms with Gasteiger partial charge < -0.3 is 10.0 Å². The fourth-order valence-corrected chi connectivity index (χ4v) is 1.24. The molecule has 4 nitrogen and oxygen atoms in total. The molecule has 0 aliphatic heterocycles. The van der Waals surface area contributed by atoms with Gasteiger partial charge in [0.1, 0.15) is 5.75 Å². The molecule has 70 valence electrons. The van der Waals surface area contributed by atoms with Crippen molar-refractivity contribution >= 4 is 28.5 Å². The maximum Gasteiger partial charge on any atom is 0.275 e. The van der Waals surface area contributed by atoms with Gasteiger partial charge in [-0.05, 0) is 28.7 Å². The molecule has 0 saturated heterocycles. The van der Waals surface area contributed by atoms with E-state index in [9.17, 15) is 9.90 Å². The van der Waals surface area contributed by atoms with Gasteiger partial charge in [-0.2, -0.15) is 0 Å². The summed E-state index contributed by atoms with van der Waals surface area (Å²) in [7, 11) is 3.23. The number of hydrogen-bond donors (Lipinski definition) is 1. The Morgan fingerprint density at radius 1 is 1.62 bits per heavy atom. The van der Waals surface area contributed by atoms with E-state index >= 15 is 0 Å². The van der Waals surface area contributed by atoms with E-state index in [1.165, 1.54) is 17.2 Å². The number of carbonyl (C=O) groups is 1. The molecule has 0 bridgehead atoms. The van der Waals surface area contributed by atoms with Crippen molar-refractivity contribution in [1.29, 1.82) is 0 Å². The lowest BCUT2D eigenvalue weighted by Crippen LogP contribution is -2.22. The average Bonchev–Trinajstić information content (AvgIpc) is 2.03. The minimum atomic E-state index is -0.297. The largest absolute Gasteiger partial charge is 0.505 e. The number of pyridine rings is 1. The van der Waals surface area contributed by atoms with Crippen molar-refractivity contribution in [2.24, 2.45) is 0 Å². The molecule has 0 saturated carbocycles. The molecule has 1 aromatic rings. The summed E-state index contributed by atoms with van der Waals surface area (Å²) in [5.41, 5.74) is 0.0883. The van der Waals surface area contributed by atoms with Gasteiger partial charge in [0, 0.05) is 23.9 Å². The lowest BCUT2D eigenvalue weighted by Gasteiger charge is -2.10. The van der Waals surface area contributed by atoms with Gasteiger partial charge in [0.05, 0.1) is 0 Å². The summed E-state index contributed by atoms with van der Waals surface area (Å²) in [4.78, 5) is 16.6. The first-order chi connectivity index (χ1) is 6.02. The number of carbonyl (C=O) groups excluding carboxylic acids is 1. The third-order valence-corrected chi connectivity index (χ3v) is 2.03. The highest BCUT2D eigenvalue weighted by Crippen LogP contribution is 2.17.